The number of benzene rings is 1. The van der Waals surface area contributed by atoms with Gasteiger partial charge in [-0.25, -0.2) is 9.59 Å². The fraction of sp³-hybridized carbons (Fsp3) is 0.136. The van der Waals surface area contributed by atoms with Gasteiger partial charge in [-0.3, -0.25) is 19.8 Å². The van der Waals surface area contributed by atoms with E-state index in [0.717, 1.165) is 4.90 Å². The third-order valence-corrected chi connectivity index (χ3v) is 4.90. The second-order valence-corrected chi connectivity index (χ2v) is 6.98. The Labute approximate surface area is 191 Å². The Kier molecular flexibility index (Phi) is 5.87. The molecule has 2 aromatic heterocycles. The fourth-order valence-electron chi connectivity index (χ4n) is 3.26. The van der Waals surface area contributed by atoms with Gasteiger partial charge in [-0.2, -0.15) is 0 Å². The van der Waals surface area contributed by atoms with E-state index < -0.39 is 22.8 Å². The van der Waals surface area contributed by atoms with Gasteiger partial charge in [0.15, 0.2) is 0 Å². The highest BCUT2D eigenvalue weighted by Crippen LogP contribution is 2.34. The topological polar surface area (TPSA) is 154 Å². The van der Waals surface area contributed by atoms with Crippen LogP contribution in [-0.2, 0) is 16.1 Å². The van der Waals surface area contributed by atoms with E-state index in [1.54, 1.807) is 12.1 Å². The lowest BCUT2D eigenvalue weighted by atomic mass is 10.1. The molecular weight excluding hydrogens is 450 g/mol. The highest BCUT2D eigenvalue weighted by molar-refractivity contribution is 6.13. The van der Waals surface area contributed by atoms with Gasteiger partial charge in [-0.15, -0.1) is 0 Å². The zero-order valence-corrected chi connectivity index (χ0v) is 17.9. The van der Waals surface area contributed by atoms with E-state index >= 15 is 0 Å². The van der Waals surface area contributed by atoms with Crippen LogP contribution in [0.1, 0.15) is 22.1 Å². The van der Waals surface area contributed by atoms with Crippen molar-refractivity contribution in [1.82, 2.24) is 10.2 Å². The Hall–Kier alpha value is -4.87. The molecule has 3 aromatic rings. The highest BCUT2D eigenvalue weighted by atomic mass is 16.6. The number of carbonyl (C=O) groups excluding carboxylic acids is 3. The minimum absolute atomic E-state index is 0.0266. The van der Waals surface area contributed by atoms with E-state index in [4.69, 9.17) is 13.6 Å². The second kappa shape index (κ2) is 8.94. The number of nitro groups is 1. The van der Waals surface area contributed by atoms with Crippen molar-refractivity contribution in [3.63, 3.8) is 0 Å². The summed E-state index contributed by atoms with van der Waals surface area (Å²) < 4.78 is 20.8. The van der Waals surface area contributed by atoms with E-state index in [1.165, 1.54) is 50.6 Å². The number of carbonyl (C=O) groups is 3. The number of hydrogen-bond donors (Lipinski definition) is 1. The van der Waals surface area contributed by atoms with Crippen LogP contribution >= 0.6 is 0 Å². The molecule has 34 heavy (non-hydrogen) atoms. The lowest BCUT2D eigenvalue weighted by Gasteiger charge is -2.09. The molecule has 0 unspecified atom stereocenters. The molecule has 1 aromatic carbocycles. The summed E-state index contributed by atoms with van der Waals surface area (Å²) in [5, 5.41) is 13.4. The van der Waals surface area contributed by atoms with Crippen LogP contribution < -0.4 is 10.1 Å². The molecule has 0 bridgehead atoms. The van der Waals surface area contributed by atoms with Gasteiger partial charge in [-0.1, -0.05) is 0 Å². The molecular formula is C22H17N3O9. The van der Waals surface area contributed by atoms with Crippen LogP contribution in [0.2, 0.25) is 0 Å². The van der Waals surface area contributed by atoms with Crippen LogP contribution in [-0.4, -0.2) is 42.0 Å². The van der Waals surface area contributed by atoms with Crippen molar-refractivity contribution in [3.05, 3.63) is 75.6 Å². The number of nitrogens with zero attached hydrogens (tertiary/aromatic N) is 2. The first-order chi connectivity index (χ1) is 16.3. The minimum atomic E-state index is -0.678. The van der Waals surface area contributed by atoms with Crippen LogP contribution in [0.15, 0.2) is 57.0 Å². The Morgan fingerprint density at radius 1 is 1.15 bits per heavy atom. The molecule has 0 atom stereocenters. The number of hydrogen-bond acceptors (Lipinski definition) is 9. The molecule has 3 amide bonds. The molecule has 3 heterocycles. The SMILES string of the molecule is COC(=O)c1ccc(CN2C(=O)N/C(=C\c3ccc(-c4ccc([N+](=O)[O-])cc4OC)o3)C2=O)o1. The van der Waals surface area contributed by atoms with Crippen molar-refractivity contribution < 1.29 is 37.6 Å². The maximum atomic E-state index is 12.7. The Morgan fingerprint density at radius 3 is 2.65 bits per heavy atom. The molecule has 1 N–H and O–H groups in total. The molecule has 4 rings (SSSR count). The normalized spacial score (nSPS) is 14.4. The molecule has 1 fully saturated rings. The number of nitrogens with one attached hydrogen (secondary N) is 1. The lowest BCUT2D eigenvalue weighted by molar-refractivity contribution is -0.384. The molecule has 0 aliphatic carbocycles. The predicted molar refractivity (Wildman–Crippen MR) is 114 cm³/mol. The van der Waals surface area contributed by atoms with E-state index in [0.29, 0.717) is 11.3 Å². The van der Waals surface area contributed by atoms with Crippen molar-refractivity contribution in [2.24, 2.45) is 0 Å². The summed E-state index contributed by atoms with van der Waals surface area (Å²) in [6.45, 7) is -0.192. The van der Waals surface area contributed by atoms with Gasteiger partial charge in [0, 0.05) is 12.1 Å². The van der Waals surface area contributed by atoms with E-state index in [2.05, 4.69) is 10.1 Å². The maximum absolute atomic E-state index is 12.7. The quantitative estimate of drug-likeness (QED) is 0.181. The zero-order chi connectivity index (χ0) is 24.4. The average molecular weight is 467 g/mol. The van der Waals surface area contributed by atoms with E-state index in [9.17, 15) is 24.5 Å². The number of nitro benzene ring substituents is 1. The van der Waals surface area contributed by atoms with Crippen LogP contribution in [0, 0.1) is 10.1 Å². The van der Waals surface area contributed by atoms with E-state index in [-0.39, 0.29) is 41.0 Å². The van der Waals surface area contributed by atoms with Crippen molar-refractivity contribution in [1.29, 1.82) is 0 Å². The molecule has 1 saturated heterocycles. The number of furan rings is 2. The summed E-state index contributed by atoms with van der Waals surface area (Å²) >= 11 is 0. The lowest BCUT2D eigenvalue weighted by Crippen LogP contribution is -2.30. The molecule has 0 saturated carbocycles. The molecule has 0 spiro atoms. The zero-order valence-electron chi connectivity index (χ0n) is 17.9. The number of methoxy groups -OCH3 is 2. The van der Waals surface area contributed by atoms with E-state index in [1.807, 2.05) is 0 Å². The molecule has 0 radical (unpaired) electrons. The Morgan fingerprint density at radius 2 is 1.94 bits per heavy atom. The summed E-state index contributed by atoms with van der Waals surface area (Å²) in [7, 11) is 2.58. The summed E-state index contributed by atoms with van der Waals surface area (Å²) in [4.78, 5) is 47.9. The Bertz CT molecular complexity index is 1330. The van der Waals surface area contributed by atoms with Crippen molar-refractivity contribution >= 4 is 29.7 Å². The smallest absolute Gasteiger partial charge is 0.373 e. The molecule has 12 heteroatoms. The van der Waals surface area contributed by atoms with Gasteiger partial charge in [0.2, 0.25) is 5.76 Å². The summed E-state index contributed by atoms with van der Waals surface area (Å²) in [5.74, 6) is -0.288. The summed E-state index contributed by atoms with van der Waals surface area (Å²) in [6.07, 6.45) is 1.35. The first-order valence-electron chi connectivity index (χ1n) is 9.75. The standard InChI is InChI=1S/C22H17N3O9/c1-31-19-9-12(25(29)30)3-6-15(19)17-7-4-13(33-17)10-16-20(26)24(22(28)23-16)11-14-5-8-18(34-14)21(27)32-2/h3-10H,11H2,1-2H3,(H,23,28)/b16-10-. The number of rotatable bonds is 7. The van der Waals surface area contributed by atoms with Crippen LogP contribution in [0.3, 0.4) is 0 Å². The molecule has 1 aliphatic heterocycles. The molecule has 174 valence electrons. The number of amides is 3. The Balaban J connectivity index is 1.53. The van der Waals surface area contributed by atoms with Gasteiger partial charge in [0.1, 0.15) is 28.7 Å². The number of non-ortho nitro benzene ring substituents is 1. The highest BCUT2D eigenvalue weighted by Gasteiger charge is 2.34. The first-order valence-corrected chi connectivity index (χ1v) is 9.75. The fourth-order valence-corrected chi connectivity index (χ4v) is 3.26. The van der Waals surface area contributed by atoms with Gasteiger partial charge < -0.3 is 23.6 Å². The first kappa shape index (κ1) is 22.3. The third kappa shape index (κ3) is 4.24. The average Bonchev–Trinajstić information content (AvgIpc) is 3.55. The van der Waals surface area contributed by atoms with Gasteiger partial charge in [-0.05, 0) is 30.3 Å². The number of esters is 1. The van der Waals surface area contributed by atoms with Crippen molar-refractivity contribution in [2.45, 2.75) is 6.54 Å². The van der Waals surface area contributed by atoms with Crippen molar-refractivity contribution in [2.75, 3.05) is 14.2 Å². The van der Waals surface area contributed by atoms with Gasteiger partial charge >= 0.3 is 12.0 Å². The largest absolute Gasteiger partial charge is 0.496 e. The number of ether oxygens (including phenoxy) is 2. The number of imide groups is 1. The van der Waals surface area contributed by atoms with Crippen LogP contribution in [0.5, 0.6) is 5.75 Å². The molecule has 1 aliphatic rings. The molecule has 12 nitrogen and oxygen atoms in total. The predicted octanol–water partition coefficient (Wildman–Crippen LogP) is 3.34. The number of urea groups is 1. The monoisotopic (exact) mass is 467 g/mol. The summed E-state index contributed by atoms with van der Waals surface area (Å²) in [5.41, 5.74) is 0.311. The van der Waals surface area contributed by atoms with Crippen LogP contribution in [0.4, 0.5) is 10.5 Å². The van der Waals surface area contributed by atoms with Crippen molar-refractivity contribution in [3.8, 4) is 17.1 Å². The van der Waals surface area contributed by atoms with Gasteiger partial charge in [0.05, 0.1) is 37.3 Å². The maximum Gasteiger partial charge on any atom is 0.373 e. The van der Waals surface area contributed by atoms with Gasteiger partial charge in [0.25, 0.3) is 11.6 Å². The van der Waals surface area contributed by atoms with Crippen LogP contribution in [0.25, 0.3) is 17.4 Å². The minimum Gasteiger partial charge on any atom is -0.496 e. The second-order valence-electron chi connectivity index (χ2n) is 6.98. The third-order valence-electron chi connectivity index (χ3n) is 4.90. The summed E-state index contributed by atoms with van der Waals surface area (Å²) in [6, 6.07) is 9.43.